The van der Waals surface area contributed by atoms with E-state index in [0.29, 0.717) is 11.0 Å². The molecule has 1 aromatic carbocycles. The highest BCUT2D eigenvalue weighted by molar-refractivity contribution is 8.00. The first-order valence-electron chi connectivity index (χ1n) is 8.88. The van der Waals surface area contributed by atoms with Crippen LogP contribution in [0.5, 0.6) is 0 Å². The molecule has 0 radical (unpaired) electrons. The molecule has 1 unspecified atom stereocenters. The molecule has 8 heteroatoms. The molecular formula is C19H24N6OS. The third-order valence-corrected chi connectivity index (χ3v) is 5.47. The van der Waals surface area contributed by atoms with Crippen molar-refractivity contribution in [2.24, 2.45) is 7.05 Å². The first-order valence-corrected chi connectivity index (χ1v) is 9.76. The van der Waals surface area contributed by atoms with Crippen LogP contribution in [0.3, 0.4) is 0 Å². The molecule has 0 bridgehead atoms. The van der Waals surface area contributed by atoms with Crippen molar-refractivity contribution < 1.29 is 4.79 Å². The second-order valence-electron chi connectivity index (χ2n) is 6.44. The molecule has 0 aliphatic carbocycles. The Morgan fingerprint density at radius 2 is 2.00 bits per heavy atom. The number of hydrogen-bond donors (Lipinski definition) is 2. The van der Waals surface area contributed by atoms with E-state index in [1.165, 1.54) is 17.3 Å². The smallest absolute Gasteiger partial charge is 0.237 e. The highest BCUT2D eigenvalue weighted by atomic mass is 32.2. The quantitative estimate of drug-likeness (QED) is 0.635. The fourth-order valence-electron chi connectivity index (χ4n) is 2.72. The second kappa shape index (κ2) is 7.96. The number of aromatic amines is 1. The van der Waals surface area contributed by atoms with Gasteiger partial charge in [-0.15, -0.1) is 5.10 Å². The van der Waals surface area contributed by atoms with Crippen LogP contribution in [-0.2, 0) is 18.3 Å². The van der Waals surface area contributed by atoms with Crippen LogP contribution < -0.4 is 5.32 Å². The van der Waals surface area contributed by atoms with E-state index >= 15 is 0 Å². The average Bonchev–Trinajstić information content (AvgIpc) is 3.21. The van der Waals surface area contributed by atoms with Crippen LogP contribution in [0.15, 0.2) is 29.4 Å². The van der Waals surface area contributed by atoms with Crippen molar-refractivity contribution >= 4 is 23.4 Å². The third-order valence-electron chi connectivity index (χ3n) is 4.51. The molecule has 1 atom stereocenters. The molecule has 0 aliphatic rings. The van der Waals surface area contributed by atoms with Gasteiger partial charge in [0.1, 0.15) is 0 Å². The summed E-state index contributed by atoms with van der Waals surface area (Å²) in [5, 5.41) is 14.7. The number of benzene rings is 1. The molecule has 0 aliphatic heterocycles. The molecule has 1 amide bonds. The third kappa shape index (κ3) is 4.21. The molecule has 0 spiro atoms. The van der Waals surface area contributed by atoms with Crippen LogP contribution in [-0.4, -0.2) is 36.1 Å². The Morgan fingerprint density at radius 1 is 1.30 bits per heavy atom. The van der Waals surface area contributed by atoms with Gasteiger partial charge in [-0.1, -0.05) is 43.0 Å². The van der Waals surface area contributed by atoms with E-state index in [-0.39, 0.29) is 11.2 Å². The van der Waals surface area contributed by atoms with E-state index in [1.54, 1.807) is 4.68 Å². The molecule has 3 rings (SSSR count). The van der Waals surface area contributed by atoms with Gasteiger partial charge in [-0.2, -0.15) is 5.10 Å². The molecule has 0 saturated heterocycles. The van der Waals surface area contributed by atoms with Gasteiger partial charge in [-0.05, 0) is 32.8 Å². The average molecular weight is 385 g/mol. The van der Waals surface area contributed by atoms with Crippen LogP contribution in [0.25, 0.3) is 11.4 Å². The first kappa shape index (κ1) is 19.2. The number of carbonyl (C=O) groups is 1. The van der Waals surface area contributed by atoms with Crippen LogP contribution in [0.4, 0.5) is 5.69 Å². The Kier molecular flexibility index (Phi) is 5.65. The van der Waals surface area contributed by atoms with Crippen LogP contribution in [0, 0.1) is 13.8 Å². The van der Waals surface area contributed by atoms with Gasteiger partial charge in [0.2, 0.25) is 11.1 Å². The Hall–Kier alpha value is -2.61. The maximum atomic E-state index is 12.5. The fraction of sp³-hybridized carbons (Fsp3) is 0.368. The Bertz CT molecular complexity index is 944. The van der Waals surface area contributed by atoms with Gasteiger partial charge >= 0.3 is 0 Å². The van der Waals surface area contributed by atoms with Crippen molar-refractivity contribution in [2.45, 2.75) is 44.5 Å². The van der Waals surface area contributed by atoms with Gasteiger partial charge < -0.3 is 5.32 Å². The van der Waals surface area contributed by atoms with E-state index in [1.807, 2.05) is 40.0 Å². The maximum absolute atomic E-state index is 12.5. The molecule has 27 heavy (non-hydrogen) atoms. The van der Waals surface area contributed by atoms with Crippen LogP contribution in [0.1, 0.15) is 30.8 Å². The lowest BCUT2D eigenvalue weighted by atomic mass is 10.1. The van der Waals surface area contributed by atoms with Crippen molar-refractivity contribution in [3.8, 4) is 11.4 Å². The Balaban J connectivity index is 1.66. The van der Waals surface area contributed by atoms with Gasteiger partial charge in [-0.3, -0.25) is 14.6 Å². The molecule has 0 fully saturated rings. The molecular weight excluding hydrogens is 360 g/mol. The predicted molar refractivity (Wildman–Crippen MR) is 108 cm³/mol. The molecule has 3 aromatic rings. The van der Waals surface area contributed by atoms with E-state index in [4.69, 9.17) is 0 Å². The lowest BCUT2D eigenvalue weighted by Gasteiger charge is -2.10. The van der Waals surface area contributed by atoms with Gasteiger partial charge in [-0.25, -0.2) is 4.98 Å². The number of nitrogens with one attached hydrogen (secondary N) is 2. The number of amides is 1. The SMILES string of the molecule is CCc1ccc(-c2nc(SC(C)C(=O)Nc3c(C)nn(C)c3C)n[nH]2)cc1. The van der Waals surface area contributed by atoms with Crippen LogP contribution in [0.2, 0.25) is 0 Å². The molecule has 2 heterocycles. The van der Waals surface area contributed by atoms with E-state index in [0.717, 1.165) is 29.1 Å². The minimum Gasteiger partial charge on any atom is -0.322 e. The zero-order valence-corrected chi connectivity index (χ0v) is 17.0. The summed E-state index contributed by atoms with van der Waals surface area (Å²) >= 11 is 1.32. The van der Waals surface area contributed by atoms with Gasteiger partial charge in [0, 0.05) is 12.6 Å². The topological polar surface area (TPSA) is 88.5 Å². The number of aromatic nitrogens is 5. The fourth-order valence-corrected chi connectivity index (χ4v) is 3.44. The second-order valence-corrected chi connectivity index (χ2v) is 7.74. The summed E-state index contributed by atoms with van der Waals surface area (Å²) in [6.45, 7) is 7.77. The highest BCUT2D eigenvalue weighted by Crippen LogP contribution is 2.25. The monoisotopic (exact) mass is 384 g/mol. The largest absolute Gasteiger partial charge is 0.322 e. The summed E-state index contributed by atoms with van der Waals surface area (Å²) in [5.41, 5.74) is 4.75. The Morgan fingerprint density at radius 3 is 2.59 bits per heavy atom. The van der Waals surface area contributed by atoms with Crippen molar-refractivity contribution in [3.05, 3.63) is 41.2 Å². The highest BCUT2D eigenvalue weighted by Gasteiger charge is 2.20. The number of aryl methyl sites for hydroxylation is 3. The van der Waals surface area contributed by atoms with Crippen molar-refractivity contribution in [2.75, 3.05) is 5.32 Å². The van der Waals surface area contributed by atoms with Gasteiger partial charge in [0.15, 0.2) is 5.82 Å². The minimum absolute atomic E-state index is 0.0992. The molecule has 0 saturated carbocycles. The maximum Gasteiger partial charge on any atom is 0.237 e. The predicted octanol–water partition coefficient (Wildman–Crippen LogP) is 3.50. The van der Waals surface area contributed by atoms with Gasteiger partial charge in [0.25, 0.3) is 0 Å². The molecule has 142 valence electrons. The normalized spacial score (nSPS) is 12.2. The zero-order valence-electron chi connectivity index (χ0n) is 16.2. The van der Waals surface area contributed by atoms with Crippen molar-refractivity contribution in [3.63, 3.8) is 0 Å². The summed E-state index contributed by atoms with van der Waals surface area (Å²) in [4.78, 5) is 17.0. The number of hydrogen-bond acceptors (Lipinski definition) is 5. The molecule has 2 aromatic heterocycles. The summed E-state index contributed by atoms with van der Waals surface area (Å²) in [5.74, 6) is 0.601. The van der Waals surface area contributed by atoms with Crippen LogP contribution >= 0.6 is 11.8 Å². The summed E-state index contributed by atoms with van der Waals surface area (Å²) in [6.07, 6.45) is 1.00. The lowest BCUT2D eigenvalue weighted by Crippen LogP contribution is -2.23. The van der Waals surface area contributed by atoms with E-state index in [9.17, 15) is 4.79 Å². The van der Waals surface area contributed by atoms with Crippen molar-refractivity contribution in [1.82, 2.24) is 25.0 Å². The zero-order chi connectivity index (χ0) is 19.6. The number of anilines is 1. The number of thioether (sulfide) groups is 1. The standard InChI is InChI=1S/C19H24N6OS/c1-6-14-7-9-15(10-8-14)17-21-19(23-22-17)27-13(4)18(26)20-16-11(2)24-25(5)12(16)3/h7-10,13H,6H2,1-5H3,(H,20,26)(H,21,22,23). The first-order chi connectivity index (χ1) is 12.9. The summed E-state index contributed by atoms with van der Waals surface area (Å²) in [6, 6.07) is 8.22. The molecule has 7 nitrogen and oxygen atoms in total. The van der Waals surface area contributed by atoms with Crippen molar-refractivity contribution in [1.29, 1.82) is 0 Å². The number of H-pyrrole nitrogens is 1. The van der Waals surface area contributed by atoms with E-state index in [2.05, 4.69) is 44.7 Å². The summed E-state index contributed by atoms with van der Waals surface area (Å²) in [7, 11) is 1.86. The lowest BCUT2D eigenvalue weighted by molar-refractivity contribution is -0.115. The number of nitrogens with zero attached hydrogens (tertiary/aromatic N) is 4. The van der Waals surface area contributed by atoms with Gasteiger partial charge in [0.05, 0.1) is 22.3 Å². The number of carbonyl (C=O) groups excluding carboxylic acids is 1. The number of rotatable bonds is 6. The molecule has 2 N–H and O–H groups in total. The summed E-state index contributed by atoms with van der Waals surface area (Å²) < 4.78 is 1.76. The Labute approximate surface area is 163 Å². The minimum atomic E-state index is -0.338. The van der Waals surface area contributed by atoms with E-state index < -0.39 is 0 Å².